The van der Waals surface area contributed by atoms with Crippen molar-refractivity contribution in [2.24, 2.45) is 5.92 Å². The lowest BCUT2D eigenvalue weighted by molar-refractivity contribution is -0.137. The van der Waals surface area contributed by atoms with E-state index in [0.29, 0.717) is 6.61 Å². The van der Waals surface area contributed by atoms with Gasteiger partial charge in [-0.2, -0.15) is 0 Å². The summed E-state index contributed by atoms with van der Waals surface area (Å²) in [7, 11) is 0. The summed E-state index contributed by atoms with van der Waals surface area (Å²) in [6.07, 6.45) is 1.66. The van der Waals surface area contributed by atoms with Crippen molar-refractivity contribution in [1.82, 2.24) is 0 Å². The number of rotatable bonds is 3. The lowest BCUT2D eigenvalue weighted by atomic mass is 10.0. The topological polar surface area (TPSA) is 63.6 Å². The van der Waals surface area contributed by atoms with Gasteiger partial charge in [-0.15, -0.1) is 0 Å². The van der Waals surface area contributed by atoms with Gasteiger partial charge in [-0.25, -0.2) is 4.21 Å². The zero-order chi connectivity index (χ0) is 9.14. The predicted molar refractivity (Wildman–Crippen MR) is 43.9 cm³/mol. The highest BCUT2D eigenvalue weighted by molar-refractivity contribution is 7.80. The quantitative estimate of drug-likeness (QED) is 0.524. The molecule has 0 amide bonds. The van der Waals surface area contributed by atoms with E-state index in [2.05, 4.69) is 0 Å². The van der Waals surface area contributed by atoms with E-state index in [1.807, 2.05) is 6.92 Å². The van der Waals surface area contributed by atoms with Gasteiger partial charge in [0.05, 0.1) is 6.61 Å². The van der Waals surface area contributed by atoms with Gasteiger partial charge < -0.3 is 9.29 Å². The molecule has 4 nitrogen and oxygen atoms in total. The van der Waals surface area contributed by atoms with E-state index in [0.717, 1.165) is 12.8 Å². The van der Waals surface area contributed by atoms with Gasteiger partial charge in [0.1, 0.15) is 0 Å². The summed E-state index contributed by atoms with van der Waals surface area (Å²) < 4.78 is 24.2. The Morgan fingerprint density at radius 3 is 2.92 bits per heavy atom. The largest absolute Gasteiger partial charge is 0.464 e. The standard InChI is InChI=1S/C7H12O4S/c1-2-3-5-4-11-7(8)6(5)12(9)10/h5-6H,2-4H2,1H3,(H,9,10)/t5-,6?/m0/s1. The summed E-state index contributed by atoms with van der Waals surface area (Å²) in [5.74, 6) is -0.609. The molecule has 1 aliphatic rings. The molecule has 1 aliphatic heterocycles. The number of hydrogen-bond donors (Lipinski definition) is 1. The average Bonchev–Trinajstić information content (AvgIpc) is 2.32. The van der Waals surface area contributed by atoms with Crippen LogP contribution in [0.5, 0.6) is 0 Å². The van der Waals surface area contributed by atoms with Gasteiger partial charge >= 0.3 is 5.97 Å². The number of cyclic esters (lactones) is 1. The number of esters is 1. The Labute approximate surface area is 73.6 Å². The maximum Gasteiger partial charge on any atom is 0.324 e. The van der Waals surface area contributed by atoms with Gasteiger partial charge in [0.2, 0.25) is 0 Å². The lowest BCUT2D eigenvalue weighted by Gasteiger charge is -2.08. The Kier molecular flexibility index (Phi) is 3.22. The molecule has 12 heavy (non-hydrogen) atoms. The first-order valence-electron chi connectivity index (χ1n) is 3.93. The van der Waals surface area contributed by atoms with E-state index in [4.69, 9.17) is 9.29 Å². The fraction of sp³-hybridized carbons (Fsp3) is 0.857. The predicted octanol–water partition coefficient (Wildman–Crippen LogP) is 0.550. The Morgan fingerprint density at radius 1 is 1.75 bits per heavy atom. The average molecular weight is 192 g/mol. The van der Waals surface area contributed by atoms with Crippen molar-refractivity contribution in [3.8, 4) is 0 Å². The van der Waals surface area contributed by atoms with Crippen LogP contribution in [0, 0.1) is 5.92 Å². The van der Waals surface area contributed by atoms with Crippen molar-refractivity contribution < 1.29 is 18.3 Å². The van der Waals surface area contributed by atoms with Gasteiger partial charge in [0.25, 0.3) is 0 Å². The molecule has 0 aliphatic carbocycles. The summed E-state index contributed by atoms with van der Waals surface area (Å²) >= 11 is -2.08. The number of carbonyl (C=O) groups is 1. The van der Waals surface area contributed by atoms with Gasteiger partial charge in [0.15, 0.2) is 16.3 Å². The van der Waals surface area contributed by atoms with Crippen LogP contribution in [0.3, 0.4) is 0 Å². The van der Waals surface area contributed by atoms with E-state index in [1.54, 1.807) is 0 Å². The van der Waals surface area contributed by atoms with Crippen LogP contribution in [0.2, 0.25) is 0 Å². The third kappa shape index (κ3) is 1.84. The molecule has 70 valence electrons. The van der Waals surface area contributed by atoms with Crippen molar-refractivity contribution in [3.05, 3.63) is 0 Å². The molecule has 0 aromatic heterocycles. The van der Waals surface area contributed by atoms with E-state index in [-0.39, 0.29) is 5.92 Å². The van der Waals surface area contributed by atoms with Crippen molar-refractivity contribution >= 4 is 17.0 Å². The van der Waals surface area contributed by atoms with Crippen LogP contribution in [-0.2, 0) is 20.6 Å². The normalized spacial score (nSPS) is 31.7. The highest BCUT2D eigenvalue weighted by Gasteiger charge is 2.40. The number of hydrogen-bond acceptors (Lipinski definition) is 3. The van der Waals surface area contributed by atoms with Gasteiger partial charge in [0, 0.05) is 5.92 Å². The van der Waals surface area contributed by atoms with Gasteiger partial charge in [-0.1, -0.05) is 13.3 Å². The Balaban J connectivity index is 2.63. The highest BCUT2D eigenvalue weighted by atomic mass is 32.2. The molecular formula is C7H12O4S. The second kappa shape index (κ2) is 4.00. The fourth-order valence-electron chi connectivity index (χ4n) is 1.40. The summed E-state index contributed by atoms with van der Waals surface area (Å²) in [5, 5.41) is -0.815. The fourth-order valence-corrected chi connectivity index (χ4v) is 2.18. The first-order chi connectivity index (χ1) is 5.66. The zero-order valence-electron chi connectivity index (χ0n) is 6.86. The molecule has 5 heteroatoms. The van der Waals surface area contributed by atoms with Crippen molar-refractivity contribution in [2.75, 3.05) is 6.61 Å². The molecule has 0 aromatic carbocycles. The molecule has 0 bridgehead atoms. The first kappa shape index (κ1) is 9.67. The second-order valence-electron chi connectivity index (χ2n) is 2.88. The number of carbonyl (C=O) groups excluding carboxylic acids is 1. The molecule has 3 atom stereocenters. The van der Waals surface area contributed by atoms with Gasteiger partial charge in [-0.3, -0.25) is 4.79 Å². The monoisotopic (exact) mass is 192 g/mol. The molecule has 1 saturated heterocycles. The van der Waals surface area contributed by atoms with E-state index in [1.165, 1.54) is 0 Å². The minimum atomic E-state index is -2.08. The zero-order valence-corrected chi connectivity index (χ0v) is 7.67. The molecule has 0 radical (unpaired) electrons. The van der Waals surface area contributed by atoms with Crippen molar-refractivity contribution in [1.29, 1.82) is 0 Å². The van der Waals surface area contributed by atoms with Crippen LogP contribution < -0.4 is 0 Å². The van der Waals surface area contributed by atoms with Crippen molar-refractivity contribution in [3.63, 3.8) is 0 Å². The van der Waals surface area contributed by atoms with Crippen LogP contribution in [0.4, 0.5) is 0 Å². The maximum atomic E-state index is 10.9. The molecular weight excluding hydrogens is 180 g/mol. The highest BCUT2D eigenvalue weighted by Crippen LogP contribution is 2.23. The Bertz CT molecular complexity index is 204. The minimum absolute atomic E-state index is 0.0756. The molecule has 1 rings (SSSR count). The third-order valence-electron chi connectivity index (χ3n) is 1.98. The molecule has 0 saturated carbocycles. The van der Waals surface area contributed by atoms with Crippen LogP contribution in [0.25, 0.3) is 0 Å². The van der Waals surface area contributed by atoms with Crippen LogP contribution in [0.15, 0.2) is 0 Å². The molecule has 0 spiro atoms. The molecule has 1 heterocycles. The smallest absolute Gasteiger partial charge is 0.324 e. The molecule has 0 aromatic rings. The van der Waals surface area contributed by atoms with Gasteiger partial charge in [-0.05, 0) is 6.42 Å². The third-order valence-corrected chi connectivity index (χ3v) is 2.99. The Morgan fingerprint density at radius 2 is 2.42 bits per heavy atom. The summed E-state index contributed by atoms with van der Waals surface area (Å²) in [6, 6.07) is 0. The number of ether oxygens (including phenoxy) is 1. The summed E-state index contributed by atoms with van der Waals surface area (Å²) in [5.41, 5.74) is 0. The lowest BCUT2D eigenvalue weighted by Crippen LogP contribution is -2.27. The van der Waals surface area contributed by atoms with Crippen LogP contribution >= 0.6 is 0 Å². The van der Waals surface area contributed by atoms with Crippen LogP contribution in [0.1, 0.15) is 19.8 Å². The SMILES string of the molecule is CCC[C@H]1COC(=O)C1S(=O)O. The Hall–Kier alpha value is -0.420. The summed E-state index contributed by atoms with van der Waals surface area (Å²) in [4.78, 5) is 10.9. The second-order valence-corrected chi connectivity index (χ2v) is 3.94. The molecule has 1 N–H and O–H groups in total. The van der Waals surface area contributed by atoms with E-state index >= 15 is 0 Å². The minimum Gasteiger partial charge on any atom is -0.464 e. The van der Waals surface area contributed by atoms with Crippen LogP contribution in [-0.4, -0.2) is 26.6 Å². The molecule has 1 fully saturated rings. The van der Waals surface area contributed by atoms with E-state index in [9.17, 15) is 9.00 Å². The molecule has 2 unspecified atom stereocenters. The van der Waals surface area contributed by atoms with Crippen molar-refractivity contribution in [2.45, 2.75) is 25.0 Å². The summed E-state index contributed by atoms with van der Waals surface area (Å²) in [6.45, 7) is 2.27. The maximum absolute atomic E-state index is 10.9. The van der Waals surface area contributed by atoms with E-state index < -0.39 is 22.3 Å². The first-order valence-corrected chi connectivity index (χ1v) is 5.10.